The summed E-state index contributed by atoms with van der Waals surface area (Å²) >= 11 is 0. The highest BCUT2D eigenvalue weighted by atomic mass is 16.5. The Morgan fingerprint density at radius 1 is 0.846 bits per heavy atom. The number of fused-ring (bicyclic) bond motifs is 1. The summed E-state index contributed by atoms with van der Waals surface area (Å²) in [7, 11) is 0. The van der Waals surface area contributed by atoms with E-state index in [1.807, 2.05) is 30.3 Å². The van der Waals surface area contributed by atoms with Crippen molar-refractivity contribution in [2.75, 3.05) is 0 Å². The van der Waals surface area contributed by atoms with E-state index in [9.17, 15) is 4.79 Å². The molecule has 1 N–H and O–H groups in total. The Morgan fingerprint density at radius 3 is 2.46 bits per heavy atom. The van der Waals surface area contributed by atoms with Crippen molar-refractivity contribution in [2.45, 2.75) is 38.7 Å². The number of ether oxygens (including phenoxy) is 1. The van der Waals surface area contributed by atoms with Gasteiger partial charge in [0.15, 0.2) is 0 Å². The summed E-state index contributed by atoms with van der Waals surface area (Å²) < 4.78 is 6.07. The van der Waals surface area contributed by atoms with E-state index in [1.54, 1.807) is 0 Å². The molecule has 0 heterocycles. The van der Waals surface area contributed by atoms with E-state index >= 15 is 0 Å². The molecule has 0 spiro atoms. The normalized spacial score (nSPS) is 10.8. The Labute approximate surface area is 154 Å². The van der Waals surface area contributed by atoms with Gasteiger partial charge in [-0.2, -0.15) is 0 Å². The molecule has 0 unspecified atom stereocenters. The third-order valence-corrected chi connectivity index (χ3v) is 4.52. The first-order valence-corrected chi connectivity index (χ1v) is 9.12. The van der Waals surface area contributed by atoms with Crippen LogP contribution in [-0.4, -0.2) is 11.1 Å². The number of carbonyl (C=O) groups is 1. The third kappa shape index (κ3) is 5.09. The molecular weight excluding hydrogens is 324 g/mol. The zero-order valence-corrected chi connectivity index (χ0v) is 14.9. The number of para-hydroxylation sites is 1. The quantitative estimate of drug-likeness (QED) is 0.512. The summed E-state index contributed by atoms with van der Waals surface area (Å²) in [5.74, 6) is 0.197. The number of carboxylic acid groups (broad SMARTS) is 1. The summed E-state index contributed by atoms with van der Waals surface area (Å²) in [5, 5.41) is 11.2. The van der Waals surface area contributed by atoms with E-state index in [0.29, 0.717) is 6.61 Å². The summed E-state index contributed by atoms with van der Waals surface area (Å²) in [6.45, 7) is 0.543. The van der Waals surface area contributed by atoms with Crippen molar-refractivity contribution in [3.63, 3.8) is 0 Å². The average molecular weight is 348 g/mol. The monoisotopic (exact) mass is 348 g/mol. The maximum atomic E-state index is 10.6. The zero-order chi connectivity index (χ0) is 18.2. The van der Waals surface area contributed by atoms with Crippen LogP contribution in [0.4, 0.5) is 0 Å². The molecule has 0 atom stereocenters. The summed E-state index contributed by atoms with van der Waals surface area (Å²) in [5.41, 5.74) is 2.34. The topological polar surface area (TPSA) is 46.5 Å². The molecule has 3 heteroatoms. The van der Waals surface area contributed by atoms with E-state index in [0.717, 1.165) is 37.0 Å². The summed E-state index contributed by atoms with van der Waals surface area (Å²) in [6.07, 6.45) is 3.79. The third-order valence-electron chi connectivity index (χ3n) is 4.52. The first-order valence-electron chi connectivity index (χ1n) is 9.12. The maximum Gasteiger partial charge on any atom is 0.303 e. The number of aliphatic carboxylic acids is 1. The van der Waals surface area contributed by atoms with Crippen LogP contribution in [0.1, 0.15) is 36.8 Å². The first-order chi connectivity index (χ1) is 12.7. The molecule has 0 bridgehead atoms. The van der Waals surface area contributed by atoms with E-state index < -0.39 is 5.97 Å². The number of hydrogen-bond acceptors (Lipinski definition) is 2. The van der Waals surface area contributed by atoms with E-state index in [-0.39, 0.29) is 6.42 Å². The number of benzene rings is 3. The minimum atomic E-state index is -0.718. The van der Waals surface area contributed by atoms with Crippen molar-refractivity contribution in [1.29, 1.82) is 0 Å². The zero-order valence-electron chi connectivity index (χ0n) is 14.9. The molecule has 134 valence electrons. The molecule has 0 amide bonds. The summed E-state index contributed by atoms with van der Waals surface area (Å²) in [6, 6.07) is 22.8. The molecule has 0 aliphatic heterocycles. The first kappa shape index (κ1) is 18.0. The molecule has 3 aromatic rings. The van der Waals surface area contributed by atoms with Crippen LogP contribution in [0, 0.1) is 0 Å². The van der Waals surface area contributed by atoms with Crippen LogP contribution in [0.2, 0.25) is 0 Å². The van der Waals surface area contributed by atoms with E-state index in [1.165, 1.54) is 16.3 Å². The summed E-state index contributed by atoms with van der Waals surface area (Å²) in [4.78, 5) is 10.6. The van der Waals surface area contributed by atoms with E-state index in [4.69, 9.17) is 9.84 Å². The van der Waals surface area contributed by atoms with Gasteiger partial charge in [-0.3, -0.25) is 4.79 Å². The number of aryl methyl sites for hydroxylation is 1. The Morgan fingerprint density at radius 2 is 1.62 bits per heavy atom. The van der Waals surface area contributed by atoms with Gasteiger partial charge in [-0.15, -0.1) is 0 Å². The molecular formula is C23H24O3. The molecule has 3 aromatic carbocycles. The largest absolute Gasteiger partial charge is 0.489 e. The lowest BCUT2D eigenvalue weighted by molar-refractivity contribution is -0.137. The lowest BCUT2D eigenvalue weighted by atomic mass is 10.0. The Bertz CT molecular complexity index is 870. The van der Waals surface area contributed by atoms with Crippen molar-refractivity contribution in [2.24, 2.45) is 0 Å². The van der Waals surface area contributed by atoms with Gasteiger partial charge >= 0.3 is 5.97 Å². The van der Waals surface area contributed by atoms with Gasteiger partial charge in [-0.1, -0.05) is 61.0 Å². The number of rotatable bonds is 9. The van der Waals surface area contributed by atoms with Crippen molar-refractivity contribution in [1.82, 2.24) is 0 Å². The van der Waals surface area contributed by atoms with Crippen LogP contribution in [0.15, 0.2) is 66.7 Å². The van der Waals surface area contributed by atoms with Crippen LogP contribution >= 0.6 is 0 Å². The standard InChI is InChI=1S/C23H24O3/c24-23(25)13-3-1-2-9-20-10-6-7-12-22(20)26-17-18-14-15-19-8-4-5-11-21(19)16-18/h4-8,10-12,14-16H,1-3,9,13,17H2,(H,24,25). The van der Waals surface area contributed by atoms with E-state index in [2.05, 4.69) is 36.4 Å². The molecule has 0 fully saturated rings. The lowest BCUT2D eigenvalue weighted by Gasteiger charge is -2.12. The van der Waals surface area contributed by atoms with Crippen molar-refractivity contribution >= 4 is 16.7 Å². The Hall–Kier alpha value is -2.81. The van der Waals surface area contributed by atoms with Crippen LogP contribution in [0.5, 0.6) is 5.75 Å². The number of carboxylic acids is 1. The Kier molecular flexibility index (Phi) is 6.26. The second kappa shape index (κ2) is 9.04. The second-order valence-electron chi connectivity index (χ2n) is 6.53. The van der Waals surface area contributed by atoms with Gasteiger partial charge in [0, 0.05) is 6.42 Å². The maximum absolute atomic E-state index is 10.6. The van der Waals surface area contributed by atoms with Crippen molar-refractivity contribution in [3.8, 4) is 5.75 Å². The highest BCUT2D eigenvalue weighted by Gasteiger charge is 2.05. The molecule has 0 aliphatic rings. The molecule has 0 aliphatic carbocycles. The van der Waals surface area contributed by atoms with Crippen LogP contribution in [0.25, 0.3) is 10.8 Å². The van der Waals surface area contributed by atoms with Gasteiger partial charge in [0.25, 0.3) is 0 Å². The van der Waals surface area contributed by atoms with Gasteiger partial charge in [-0.25, -0.2) is 0 Å². The van der Waals surface area contributed by atoms with Gasteiger partial charge in [0.1, 0.15) is 12.4 Å². The van der Waals surface area contributed by atoms with Crippen molar-refractivity contribution in [3.05, 3.63) is 77.9 Å². The van der Waals surface area contributed by atoms with Crippen LogP contribution in [-0.2, 0) is 17.8 Å². The highest BCUT2D eigenvalue weighted by Crippen LogP contribution is 2.23. The van der Waals surface area contributed by atoms with Gasteiger partial charge in [-0.05, 0) is 53.3 Å². The van der Waals surface area contributed by atoms with Gasteiger partial charge in [0.05, 0.1) is 0 Å². The molecule has 0 radical (unpaired) electrons. The smallest absolute Gasteiger partial charge is 0.303 e. The molecule has 0 saturated heterocycles. The molecule has 3 rings (SSSR count). The van der Waals surface area contributed by atoms with Crippen LogP contribution < -0.4 is 4.74 Å². The highest BCUT2D eigenvalue weighted by molar-refractivity contribution is 5.82. The predicted octanol–water partition coefficient (Wildman–Crippen LogP) is 5.61. The molecule has 26 heavy (non-hydrogen) atoms. The minimum Gasteiger partial charge on any atom is -0.489 e. The van der Waals surface area contributed by atoms with Crippen LogP contribution in [0.3, 0.4) is 0 Å². The predicted molar refractivity (Wildman–Crippen MR) is 105 cm³/mol. The minimum absolute atomic E-state index is 0.250. The molecule has 3 nitrogen and oxygen atoms in total. The molecule has 0 saturated carbocycles. The van der Waals surface area contributed by atoms with Crippen molar-refractivity contribution < 1.29 is 14.6 Å². The fraction of sp³-hybridized carbons (Fsp3) is 0.261. The number of unbranched alkanes of at least 4 members (excludes halogenated alkanes) is 2. The Balaban J connectivity index is 1.57. The SMILES string of the molecule is O=C(O)CCCCCc1ccccc1OCc1ccc2ccccc2c1. The fourth-order valence-corrected chi connectivity index (χ4v) is 3.11. The average Bonchev–Trinajstić information content (AvgIpc) is 2.66. The van der Waals surface area contributed by atoms with Gasteiger partial charge < -0.3 is 9.84 Å². The van der Waals surface area contributed by atoms with Gasteiger partial charge in [0.2, 0.25) is 0 Å². The number of hydrogen-bond donors (Lipinski definition) is 1. The fourth-order valence-electron chi connectivity index (χ4n) is 3.11. The second-order valence-corrected chi connectivity index (χ2v) is 6.53. The molecule has 0 aromatic heterocycles. The lowest BCUT2D eigenvalue weighted by Crippen LogP contribution is -1.99.